The predicted molar refractivity (Wildman–Crippen MR) is 75.0 cm³/mol. The second-order valence-corrected chi connectivity index (χ2v) is 6.16. The predicted octanol–water partition coefficient (Wildman–Crippen LogP) is 3.70. The van der Waals surface area contributed by atoms with Gasteiger partial charge in [0.25, 0.3) is 11.7 Å². The van der Waals surface area contributed by atoms with E-state index in [4.69, 9.17) is 0 Å². The summed E-state index contributed by atoms with van der Waals surface area (Å²) in [6.07, 6.45) is 5.60. The summed E-state index contributed by atoms with van der Waals surface area (Å²) < 4.78 is 24.9. The molecule has 1 aromatic heterocycles. The average molecular weight is 300 g/mol. The molecule has 1 fully saturated rings. The fourth-order valence-corrected chi connectivity index (χ4v) is 3.15. The number of pyridine rings is 1. The molecule has 0 aromatic carbocycles. The Morgan fingerprint density at radius 3 is 3.00 bits per heavy atom. The molecule has 3 nitrogen and oxygen atoms in total. The summed E-state index contributed by atoms with van der Waals surface area (Å²) in [6.45, 7) is 2.17. The Balaban J connectivity index is 2.05. The van der Waals surface area contributed by atoms with Crippen molar-refractivity contribution >= 4 is 17.7 Å². The first kappa shape index (κ1) is 15.2. The third kappa shape index (κ3) is 4.16. The molecular weight excluding hydrogens is 282 g/mol. The zero-order valence-electron chi connectivity index (χ0n) is 11.3. The number of nitrogens with one attached hydrogen (secondary N) is 1. The molecule has 0 radical (unpaired) electrons. The minimum Gasteiger partial charge on any atom is -0.349 e. The van der Waals surface area contributed by atoms with Crippen LogP contribution in [0.2, 0.25) is 0 Å². The highest BCUT2D eigenvalue weighted by Gasteiger charge is 2.23. The molecule has 2 rings (SSSR count). The molecule has 1 aliphatic carbocycles. The van der Waals surface area contributed by atoms with E-state index in [1.54, 1.807) is 12.1 Å². The van der Waals surface area contributed by atoms with Gasteiger partial charge in [-0.15, -0.1) is 0 Å². The number of halogens is 2. The number of carbonyl (C=O) groups is 1. The first-order valence-corrected chi connectivity index (χ1v) is 7.65. The number of hydrogen-bond acceptors (Lipinski definition) is 3. The second-order valence-electron chi connectivity index (χ2n) is 5.18. The fourth-order valence-electron chi connectivity index (χ4n) is 2.57. The van der Waals surface area contributed by atoms with Gasteiger partial charge in [0.1, 0.15) is 5.03 Å². The van der Waals surface area contributed by atoms with Gasteiger partial charge in [-0.1, -0.05) is 19.8 Å². The van der Waals surface area contributed by atoms with Crippen molar-refractivity contribution in [1.82, 2.24) is 10.3 Å². The Hall–Kier alpha value is -1.17. The molecule has 0 saturated heterocycles. The van der Waals surface area contributed by atoms with Crippen LogP contribution < -0.4 is 5.32 Å². The van der Waals surface area contributed by atoms with Gasteiger partial charge in [-0.05, 0) is 42.7 Å². The molecule has 1 aromatic rings. The van der Waals surface area contributed by atoms with E-state index in [-0.39, 0.29) is 22.5 Å². The molecule has 2 unspecified atom stereocenters. The van der Waals surface area contributed by atoms with E-state index in [0.29, 0.717) is 17.7 Å². The molecule has 0 aliphatic heterocycles. The summed E-state index contributed by atoms with van der Waals surface area (Å²) in [6, 6.07) is 3.27. The highest BCUT2D eigenvalue weighted by atomic mass is 32.2. The van der Waals surface area contributed by atoms with Gasteiger partial charge in [0.15, 0.2) is 0 Å². The fraction of sp³-hybridized carbons (Fsp3) is 0.571. The highest BCUT2D eigenvalue weighted by Crippen LogP contribution is 2.27. The summed E-state index contributed by atoms with van der Waals surface area (Å²) in [7, 11) is 0. The van der Waals surface area contributed by atoms with Crippen LogP contribution in [0.5, 0.6) is 0 Å². The highest BCUT2D eigenvalue weighted by molar-refractivity contribution is 7.99. The van der Waals surface area contributed by atoms with E-state index in [0.717, 1.165) is 19.3 Å². The Morgan fingerprint density at radius 1 is 1.50 bits per heavy atom. The molecule has 1 N–H and O–H groups in total. The Morgan fingerprint density at radius 2 is 2.30 bits per heavy atom. The lowest BCUT2D eigenvalue weighted by Crippen LogP contribution is -2.38. The van der Waals surface area contributed by atoms with E-state index in [1.165, 1.54) is 12.6 Å². The molecular formula is C14H18F2N2OS. The van der Waals surface area contributed by atoms with Crippen LogP contribution in [0, 0.1) is 5.92 Å². The smallest absolute Gasteiger partial charge is 0.290 e. The summed E-state index contributed by atoms with van der Waals surface area (Å²) in [4.78, 5) is 16.1. The Bertz CT molecular complexity index is 470. The average Bonchev–Trinajstić information content (AvgIpc) is 2.38. The molecule has 110 valence electrons. The van der Waals surface area contributed by atoms with Crippen molar-refractivity contribution in [3.63, 3.8) is 0 Å². The molecule has 2 atom stereocenters. The molecule has 1 amide bonds. The van der Waals surface area contributed by atoms with Crippen LogP contribution in [-0.4, -0.2) is 22.7 Å². The maximum atomic E-state index is 12.5. The van der Waals surface area contributed by atoms with E-state index < -0.39 is 5.76 Å². The van der Waals surface area contributed by atoms with E-state index >= 15 is 0 Å². The molecule has 1 saturated carbocycles. The van der Waals surface area contributed by atoms with Crippen molar-refractivity contribution in [2.75, 3.05) is 0 Å². The van der Waals surface area contributed by atoms with Crippen LogP contribution in [0.4, 0.5) is 8.78 Å². The van der Waals surface area contributed by atoms with Crippen molar-refractivity contribution in [3.05, 3.63) is 23.9 Å². The maximum Gasteiger partial charge on any atom is 0.290 e. The lowest BCUT2D eigenvalue weighted by atomic mass is 9.87. The van der Waals surface area contributed by atoms with Crippen molar-refractivity contribution in [3.8, 4) is 0 Å². The molecule has 20 heavy (non-hydrogen) atoms. The number of carbonyl (C=O) groups excluding carboxylic acids is 1. The first-order chi connectivity index (χ1) is 9.56. The van der Waals surface area contributed by atoms with Crippen LogP contribution in [-0.2, 0) is 0 Å². The van der Waals surface area contributed by atoms with Crippen molar-refractivity contribution < 1.29 is 13.6 Å². The Kier molecular flexibility index (Phi) is 5.34. The zero-order valence-corrected chi connectivity index (χ0v) is 12.1. The number of thioether (sulfide) groups is 1. The van der Waals surface area contributed by atoms with Crippen LogP contribution in [0.25, 0.3) is 0 Å². The van der Waals surface area contributed by atoms with Crippen molar-refractivity contribution in [2.45, 2.75) is 49.4 Å². The minimum atomic E-state index is -2.58. The van der Waals surface area contributed by atoms with Crippen LogP contribution >= 0.6 is 11.8 Å². The van der Waals surface area contributed by atoms with Gasteiger partial charge in [0, 0.05) is 12.2 Å². The van der Waals surface area contributed by atoms with Crippen LogP contribution in [0.1, 0.15) is 43.0 Å². The van der Waals surface area contributed by atoms with Gasteiger partial charge < -0.3 is 5.32 Å². The summed E-state index contributed by atoms with van der Waals surface area (Å²) >= 11 is 0.311. The third-order valence-corrected chi connectivity index (χ3v) is 4.21. The standard InChI is InChI=1S/C14H18F2N2OS/c1-9-4-2-5-10(8-9)18-12(19)11-6-3-7-17-13(11)20-14(15)16/h3,6-7,9-10,14H,2,4-5,8H2,1H3,(H,18,19). The van der Waals surface area contributed by atoms with Crippen molar-refractivity contribution in [1.29, 1.82) is 0 Å². The van der Waals surface area contributed by atoms with Crippen molar-refractivity contribution in [2.24, 2.45) is 5.92 Å². The second kappa shape index (κ2) is 7.02. The van der Waals surface area contributed by atoms with E-state index in [9.17, 15) is 13.6 Å². The first-order valence-electron chi connectivity index (χ1n) is 6.77. The normalized spacial score (nSPS) is 22.8. The number of rotatable bonds is 4. The van der Waals surface area contributed by atoms with Gasteiger partial charge in [0.05, 0.1) is 5.56 Å². The quantitative estimate of drug-likeness (QED) is 0.862. The molecule has 6 heteroatoms. The molecule has 1 aliphatic rings. The number of alkyl halides is 2. The molecule has 1 heterocycles. The number of hydrogen-bond donors (Lipinski definition) is 1. The topological polar surface area (TPSA) is 42.0 Å². The largest absolute Gasteiger partial charge is 0.349 e. The lowest BCUT2D eigenvalue weighted by Gasteiger charge is -2.27. The van der Waals surface area contributed by atoms with Crippen LogP contribution in [0.3, 0.4) is 0 Å². The zero-order chi connectivity index (χ0) is 14.5. The van der Waals surface area contributed by atoms with Gasteiger partial charge in [-0.3, -0.25) is 4.79 Å². The van der Waals surface area contributed by atoms with E-state index in [2.05, 4.69) is 17.2 Å². The summed E-state index contributed by atoms with van der Waals surface area (Å²) in [5, 5.41) is 3.03. The third-order valence-electron chi connectivity index (χ3n) is 3.49. The number of amides is 1. The van der Waals surface area contributed by atoms with Gasteiger partial charge in [-0.2, -0.15) is 8.78 Å². The maximum absolute atomic E-state index is 12.5. The number of aromatic nitrogens is 1. The lowest BCUT2D eigenvalue weighted by molar-refractivity contribution is 0.0917. The molecule has 0 bridgehead atoms. The monoisotopic (exact) mass is 300 g/mol. The molecule has 0 spiro atoms. The minimum absolute atomic E-state index is 0.0869. The SMILES string of the molecule is CC1CCCC(NC(=O)c2cccnc2SC(F)F)C1. The number of nitrogens with zero attached hydrogens (tertiary/aromatic N) is 1. The Labute approximate surface area is 121 Å². The summed E-state index contributed by atoms with van der Waals surface area (Å²) in [5.41, 5.74) is 0.232. The van der Waals surface area contributed by atoms with Gasteiger partial charge in [0.2, 0.25) is 0 Å². The summed E-state index contributed by atoms with van der Waals surface area (Å²) in [5.74, 6) is -2.29. The van der Waals surface area contributed by atoms with E-state index in [1.807, 2.05) is 0 Å². The van der Waals surface area contributed by atoms with Gasteiger partial charge >= 0.3 is 0 Å². The van der Waals surface area contributed by atoms with Crippen LogP contribution in [0.15, 0.2) is 23.4 Å². The van der Waals surface area contributed by atoms with Gasteiger partial charge in [-0.25, -0.2) is 4.98 Å².